The Morgan fingerprint density at radius 2 is 1.78 bits per heavy atom. The first-order valence-electron chi connectivity index (χ1n) is 5.45. The van der Waals surface area contributed by atoms with E-state index in [1.807, 2.05) is 13.8 Å². The maximum Gasteiger partial charge on any atom is 0.323 e. The first-order valence-corrected chi connectivity index (χ1v) is 5.83. The predicted molar refractivity (Wildman–Crippen MR) is 63.7 cm³/mol. The van der Waals surface area contributed by atoms with Crippen LogP contribution in [-0.2, 0) is 22.4 Å². The largest absolute Gasteiger partial charge is 0.481 e. The van der Waals surface area contributed by atoms with Crippen molar-refractivity contribution in [1.82, 2.24) is 9.97 Å². The molecule has 1 heterocycles. The quantitative estimate of drug-likeness (QED) is 0.647. The normalized spacial score (nSPS) is 10.2. The highest BCUT2D eigenvalue weighted by molar-refractivity contribution is 6.30. The predicted octanol–water partition coefficient (Wildman–Crippen LogP) is 1.63. The number of ether oxygens (including phenoxy) is 1. The summed E-state index contributed by atoms with van der Waals surface area (Å²) >= 11 is 5.82. The molecule has 1 aromatic heterocycles. The maximum atomic E-state index is 11.2. The number of carboxylic acid groups (broad SMARTS) is 1. The van der Waals surface area contributed by atoms with Crippen LogP contribution in [0.5, 0.6) is 5.88 Å². The average Bonchev–Trinajstić information content (AvgIpc) is 2.30. The Morgan fingerprint density at radius 3 is 2.28 bits per heavy atom. The van der Waals surface area contributed by atoms with Crippen molar-refractivity contribution in [3.63, 3.8) is 0 Å². The Kier molecular flexibility index (Phi) is 5.03. The Labute approximate surface area is 109 Å². The molecule has 0 unspecified atom stereocenters. The zero-order valence-corrected chi connectivity index (χ0v) is 10.8. The number of carboxylic acids is 1. The lowest BCUT2D eigenvalue weighted by Gasteiger charge is -2.08. The summed E-state index contributed by atoms with van der Waals surface area (Å²) in [6.07, 6.45) is 0.547. The Balaban J connectivity index is 2.95. The molecule has 0 aliphatic rings. The standard InChI is InChI=1S/C11H13ClN2O4/c1-3-6-7(4-2)14-11(10(12)13-6)18-9(17)5-8(15)16/h3-5H2,1-2H3,(H,15,16). The van der Waals surface area contributed by atoms with Crippen molar-refractivity contribution in [3.05, 3.63) is 16.5 Å². The number of aromatic nitrogens is 2. The lowest BCUT2D eigenvalue weighted by molar-refractivity contribution is -0.145. The van der Waals surface area contributed by atoms with Crippen LogP contribution < -0.4 is 4.74 Å². The summed E-state index contributed by atoms with van der Waals surface area (Å²) in [6.45, 7) is 3.80. The van der Waals surface area contributed by atoms with Gasteiger partial charge >= 0.3 is 11.9 Å². The van der Waals surface area contributed by atoms with Crippen LogP contribution in [0.2, 0.25) is 5.15 Å². The number of carbonyl (C=O) groups excluding carboxylic acids is 1. The summed E-state index contributed by atoms with van der Waals surface area (Å²) in [5, 5.41) is 8.41. The fraction of sp³-hybridized carbons (Fsp3) is 0.455. The van der Waals surface area contributed by atoms with Gasteiger partial charge in [0.1, 0.15) is 6.42 Å². The van der Waals surface area contributed by atoms with Gasteiger partial charge in [-0.1, -0.05) is 25.4 Å². The molecule has 0 aliphatic carbocycles. The summed E-state index contributed by atoms with van der Waals surface area (Å²) in [5.74, 6) is -2.34. The number of nitrogens with zero attached hydrogens (tertiary/aromatic N) is 2. The van der Waals surface area contributed by atoms with Crippen LogP contribution in [0.3, 0.4) is 0 Å². The second-order valence-corrected chi connectivity index (χ2v) is 3.82. The first-order chi connectivity index (χ1) is 8.47. The van der Waals surface area contributed by atoms with Crippen molar-refractivity contribution in [2.75, 3.05) is 0 Å². The molecule has 0 radical (unpaired) electrons. The van der Waals surface area contributed by atoms with E-state index in [1.165, 1.54) is 0 Å². The van der Waals surface area contributed by atoms with Gasteiger partial charge in [0.2, 0.25) is 0 Å². The van der Waals surface area contributed by atoms with Gasteiger partial charge < -0.3 is 9.84 Å². The van der Waals surface area contributed by atoms with Crippen molar-refractivity contribution >= 4 is 23.5 Å². The molecule has 7 heteroatoms. The minimum absolute atomic E-state index is 0.0391. The number of aliphatic carboxylic acids is 1. The molecule has 0 fully saturated rings. The Hall–Kier alpha value is -1.69. The second-order valence-electron chi connectivity index (χ2n) is 3.46. The number of hydrogen-bond acceptors (Lipinski definition) is 5. The highest BCUT2D eigenvalue weighted by Crippen LogP contribution is 2.22. The van der Waals surface area contributed by atoms with Gasteiger partial charge in [0.05, 0.1) is 11.4 Å². The number of rotatable bonds is 5. The Morgan fingerprint density at radius 1 is 1.22 bits per heavy atom. The molecule has 0 saturated heterocycles. The van der Waals surface area contributed by atoms with Crippen LogP contribution in [0.15, 0.2) is 0 Å². The van der Waals surface area contributed by atoms with E-state index in [4.69, 9.17) is 21.4 Å². The van der Waals surface area contributed by atoms with E-state index in [-0.39, 0.29) is 11.0 Å². The number of aryl methyl sites for hydroxylation is 2. The smallest absolute Gasteiger partial charge is 0.323 e. The topological polar surface area (TPSA) is 89.4 Å². The molecule has 0 spiro atoms. The third kappa shape index (κ3) is 3.66. The summed E-state index contributed by atoms with van der Waals surface area (Å²) in [4.78, 5) is 29.7. The number of halogens is 1. The molecule has 0 amide bonds. The highest BCUT2D eigenvalue weighted by Gasteiger charge is 2.16. The fourth-order valence-corrected chi connectivity index (χ4v) is 1.55. The molecule has 1 N–H and O–H groups in total. The van der Waals surface area contributed by atoms with Crippen molar-refractivity contribution in [1.29, 1.82) is 0 Å². The van der Waals surface area contributed by atoms with Gasteiger partial charge in [0.25, 0.3) is 5.88 Å². The zero-order chi connectivity index (χ0) is 13.7. The number of esters is 1. The molecular weight excluding hydrogens is 260 g/mol. The Bertz CT molecular complexity index is 476. The third-order valence-corrected chi connectivity index (χ3v) is 2.40. The minimum atomic E-state index is -1.27. The van der Waals surface area contributed by atoms with Gasteiger partial charge in [-0.3, -0.25) is 9.59 Å². The summed E-state index contributed by atoms with van der Waals surface area (Å²) < 4.78 is 4.77. The van der Waals surface area contributed by atoms with E-state index >= 15 is 0 Å². The minimum Gasteiger partial charge on any atom is -0.481 e. The molecule has 0 saturated carbocycles. The van der Waals surface area contributed by atoms with E-state index in [2.05, 4.69) is 9.97 Å². The third-order valence-electron chi connectivity index (χ3n) is 2.16. The fourth-order valence-electron chi connectivity index (χ4n) is 1.36. The van der Waals surface area contributed by atoms with Crippen molar-refractivity contribution in [2.45, 2.75) is 33.1 Å². The van der Waals surface area contributed by atoms with Crippen molar-refractivity contribution < 1.29 is 19.4 Å². The van der Waals surface area contributed by atoms with Gasteiger partial charge in [-0.2, -0.15) is 0 Å². The maximum absolute atomic E-state index is 11.2. The molecular formula is C11H13ClN2O4. The van der Waals surface area contributed by atoms with E-state index in [9.17, 15) is 9.59 Å². The van der Waals surface area contributed by atoms with E-state index in [0.717, 1.165) is 5.69 Å². The first kappa shape index (κ1) is 14.4. The molecule has 98 valence electrons. The summed E-state index contributed by atoms with van der Waals surface area (Å²) in [6, 6.07) is 0. The van der Waals surface area contributed by atoms with Gasteiger partial charge in [0, 0.05) is 0 Å². The van der Waals surface area contributed by atoms with Crippen LogP contribution in [0.4, 0.5) is 0 Å². The second kappa shape index (κ2) is 6.30. The van der Waals surface area contributed by atoms with Gasteiger partial charge in [0.15, 0.2) is 5.15 Å². The van der Waals surface area contributed by atoms with E-state index < -0.39 is 18.4 Å². The molecule has 0 aliphatic heterocycles. The lowest BCUT2D eigenvalue weighted by Crippen LogP contribution is -2.15. The van der Waals surface area contributed by atoms with Crippen LogP contribution in [0, 0.1) is 0 Å². The van der Waals surface area contributed by atoms with Crippen LogP contribution in [-0.4, -0.2) is 27.0 Å². The number of carbonyl (C=O) groups is 2. The molecule has 0 aromatic carbocycles. The monoisotopic (exact) mass is 272 g/mol. The highest BCUT2D eigenvalue weighted by atomic mass is 35.5. The summed E-state index contributed by atoms with van der Waals surface area (Å²) in [7, 11) is 0. The van der Waals surface area contributed by atoms with Crippen molar-refractivity contribution in [2.24, 2.45) is 0 Å². The van der Waals surface area contributed by atoms with E-state index in [0.29, 0.717) is 18.5 Å². The molecule has 1 rings (SSSR count). The zero-order valence-electron chi connectivity index (χ0n) is 10.1. The van der Waals surface area contributed by atoms with Crippen LogP contribution in [0.1, 0.15) is 31.7 Å². The van der Waals surface area contributed by atoms with Gasteiger partial charge in [-0.05, 0) is 12.8 Å². The number of hydrogen-bond donors (Lipinski definition) is 1. The molecule has 0 atom stereocenters. The SMILES string of the molecule is CCc1nc(Cl)c(OC(=O)CC(=O)O)nc1CC. The van der Waals surface area contributed by atoms with Crippen LogP contribution >= 0.6 is 11.6 Å². The molecule has 18 heavy (non-hydrogen) atoms. The van der Waals surface area contributed by atoms with Crippen molar-refractivity contribution in [3.8, 4) is 5.88 Å². The molecule has 1 aromatic rings. The van der Waals surface area contributed by atoms with Gasteiger partial charge in [-0.15, -0.1) is 0 Å². The van der Waals surface area contributed by atoms with Gasteiger partial charge in [-0.25, -0.2) is 9.97 Å². The average molecular weight is 273 g/mol. The molecule has 0 bridgehead atoms. The molecule has 6 nitrogen and oxygen atoms in total. The van der Waals surface area contributed by atoms with Crippen LogP contribution in [0.25, 0.3) is 0 Å². The lowest BCUT2D eigenvalue weighted by atomic mass is 10.2. The summed E-state index contributed by atoms with van der Waals surface area (Å²) in [5.41, 5.74) is 1.42. The van der Waals surface area contributed by atoms with E-state index in [1.54, 1.807) is 0 Å².